The zero-order valence-electron chi connectivity index (χ0n) is 21.9. The summed E-state index contributed by atoms with van der Waals surface area (Å²) in [6.45, 7) is 10.4. The molecule has 1 aliphatic heterocycles. The maximum atomic E-state index is 5.12. The van der Waals surface area contributed by atoms with Crippen LogP contribution in [0.4, 0.5) is 11.6 Å². The molecule has 3 N–H and O–H groups in total. The van der Waals surface area contributed by atoms with Crippen molar-refractivity contribution in [3.8, 4) is 11.4 Å². The number of piperidine rings is 1. The normalized spacial score (nSPS) is 19.1. The van der Waals surface area contributed by atoms with E-state index in [4.69, 9.17) is 9.97 Å². The van der Waals surface area contributed by atoms with Crippen molar-refractivity contribution in [2.45, 2.75) is 45.1 Å². The van der Waals surface area contributed by atoms with Gasteiger partial charge in [-0.3, -0.25) is 4.98 Å². The predicted octanol–water partition coefficient (Wildman–Crippen LogP) is 5.14. The smallest absolute Gasteiger partial charge is 0.162 e. The molecule has 1 saturated carbocycles. The Balaban J connectivity index is 1.35. The lowest BCUT2D eigenvalue weighted by molar-refractivity contribution is 0.236. The van der Waals surface area contributed by atoms with Crippen LogP contribution in [0.2, 0.25) is 0 Å². The van der Waals surface area contributed by atoms with Gasteiger partial charge in [0.05, 0.1) is 17.4 Å². The Labute approximate surface area is 222 Å². The van der Waals surface area contributed by atoms with Gasteiger partial charge in [-0.1, -0.05) is 20.4 Å². The minimum absolute atomic E-state index is 0.0998. The minimum atomic E-state index is 0.0998. The molecule has 6 rings (SSSR count). The lowest BCUT2D eigenvalue weighted by atomic mass is 9.80. The highest BCUT2D eigenvalue weighted by molar-refractivity contribution is 5.93. The van der Waals surface area contributed by atoms with E-state index in [0.29, 0.717) is 23.6 Å². The average molecular weight is 508 g/mol. The third-order valence-electron chi connectivity index (χ3n) is 7.47. The lowest BCUT2D eigenvalue weighted by Gasteiger charge is -2.40. The van der Waals surface area contributed by atoms with Crippen molar-refractivity contribution >= 4 is 34.8 Å². The second kappa shape index (κ2) is 9.98. The van der Waals surface area contributed by atoms with Gasteiger partial charge in [-0.2, -0.15) is 5.10 Å². The SMILES string of the molecule is C=Cc1ccnn1/C=C/Nc1cc(-c2nc(NC3CCNCC3(C)C)c3c(C4CC4)cncc3n2)ccn1. The quantitative estimate of drug-likeness (QED) is 0.301. The first kappa shape index (κ1) is 24.2. The molecule has 9 heteroatoms. The number of hydrogen-bond acceptors (Lipinski definition) is 8. The van der Waals surface area contributed by atoms with E-state index in [-0.39, 0.29) is 5.41 Å². The van der Waals surface area contributed by atoms with Crippen molar-refractivity contribution < 1.29 is 0 Å². The first-order valence-electron chi connectivity index (χ1n) is 13.2. The Morgan fingerprint density at radius 2 is 2.03 bits per heavy atom. The number of aromatic nitrogens is 6. The topological polar surface area (TPSA) is 105 Å². The van der Waals surface area contributed by atoms with Crippen molar-refractivity contribution in [1.82, 2.24) is 35.0 Å². The molecule has 1 saturated heterocycles. The Bertz CT molecular complexity index is 1500. The minimum Gasteiger partial charge on any atom is -0.366 e. The van der Waals surface area contributed by atoms with Gasteiger partial charge in [0.15, 0.2) is 5.82 Å². The van der Waals surface area contributed by atoms with Crippen molar-refractivity contribution in [2.24, 2.45) is 5.41 Å². The number of nitrogens with one attached hydrogen (secondary N) is 3. The van der Waals surface area contributed by atoms with Gasteiger partial charge >= 0.3 is 0 Å². The number of nitrogens with zero attached hydrogens (tertiary/aromatic N) is 6. The van der Waals surface area contributed by atoms with Crippen LogP contribution in [0.1, 0.15) is 50.3 Å². The van der Waals surface area contributed by atoms with Crippen LogP contribution in [0.3, 0.4) is 0 Å². The third kappa shape index (κ3) is 4.89. The number of pyridine rings is 2. The molecule has 0 amide bonds. The molecular weight excluding hydrogens is 474 g/mol. The molecule has 5 heterocycles. The molecule has 0 radical (unpaired) electrons. The second-order valence-electron chi connectivity index (χ2n) is 10.7. The lowest BCUT2D eigenvalue weighted by Crippen LogP contribution is -2.49. The number of rotatable bonds is 8. The third-order valence-corrected chi connectivity index (χ3v) is 7.47. The molecular formula is C29H33N9. The molecule has 1 unspecified atom stereocenters. The summed E-state index contributed by atoms with van der Waals surface area (Å²) in [5.41, 5.74) is 4.01. The summed E-state index contributed by atoms with van der Waals surface area (Å²) in [5.74, 6) is 2.78. The summed E-state index contributed by atoms with van der Waals surface area (Å²) < 4.78 is 1.74. The molecule has 194 valence electrons. The van der Waals surface area contributed by atoms with E-state index in [2.05, 4.69) is 51.4 Å². The van der Waals surface area contributed by atoms with E-state index in [9.17, 15) is 0 Å². The summed E-state index contributed by atoms with van der Waals surface area (Å²) in [5, 5.41) is 16.0. The summed E-state index contributed by atoms with van der Waals surface area (Å²) in [6.07, 6.45) is 16.2. The predicted molar refractivity (Wildman–Crippen MR) is 152 cm³/mol. The summed E-state index contributed by atoms with van der Waals surface area (Å²) >= 11 is 0. The first-order valence-corrected chi connectivity index (χ1v) is 13.2. The van der Waals surface area contributed by atoms with Gasteiger partial charge in [0, 0.05) is 54.5 Å². The Hall–Kier alpha value is -4.11. The van der Waals surface area contributed by atoms with Gasteiger partial charge in [-0.05, 0) is 67.0 Å². The van der Waals surface area contributed by atoms with E-state index < -0.39 is 0 Å². The fourth-order valence-corrected chi connectivity index (χ4v) is 5.10. The molecule has 0 bridgehead atoms. The van der Waals surface area contributed by atoms with Crippen LogP contribution < -0.4 is 16.0 Å². The molecule has 4 aromatic heterocycles. The van der Waals surface area contributed by atoms with Crippen LogP contribution in [0, 0.1) is 5.41 Å². The van der Waals surface area contributed by atoms with Crippen LogP contribution in [0.5, 0.6) is 0 Å². The largest absolute Gasteiger partial charge is 0.366 e. The summed E-state index contributed by atoms with van der Waals surface area (Å²) in [4.78, 5) is 19.1. The van der Waals surface area contributed by atoms with Crippen LogP contribution >= 0.6 is 0 Å². The van der Waals surface area contributed by atoms with E-state index >= 15 is 0 Å². The Kier molecular flexibility index (Phi) is 6.37. The van der Waals surface area contributed by atoms with Crippen molar-refractivity contribution in [1.29, 1.82) is 0 Å². The highest BCUT2D eigenvalue weighted by Crippen LogP contribution is 2.44. The number of anilines is 2. The number of hydrogen-bond donors (Lipinski definition) is 3. The van der Waals surface area contributed by atoms with Crippen LogP contribution in [0.25, 0.3) is 34.6 Å². The molecule has 38 heavy (non-hydrogen) atoms. The molecule has 0 spiro atoms. The van der Waals surface area contributed by atoms with Crippen molar-refractivity contribution in [2.75, 3.05) is 23.7 Å². The van der Waals surface area contributed by atoms with E-state index in [0.717, 1.165) is 47.5 Å². The molecule has 1 aliphatic carbocycles. The van der Waals surface area contributed by atoms with Crippen LogP contribution in [0.15, 0.2) is 55.8 Å². The molecule has 9 nitrogen and oxygen atoms in total. The maximum absolute atomic E-state index is 5.12. The Morgan fingerprint density at radius 1 is 1.13 bits per heavy atom. The van der Waals surface area contributed by atoms with Gasteiger partial charge in [0.2, 0.25) is 0 Å². The fourth-order valence-electron chi connectivity index (χ4n) is 5.10. The van der Waals surface area contributed by atoms with Crippen molar-refractivity contribution in [3.63, 3.8) is 0 Å². The number of fused-ring (bicyclic) bond motifs is 1. The molecule has 1 atom stereocenters. The van der Waals surface area contributed by atoms with Gasteiger partial charge < -0.3 is 16.0 Å². The average Bonchev–Trinajstić information content (AvgIpc) is 3.67. The summed E-state index contributed by atoms with van der Waals surface area (Å²) in [7, 11) is 0. The molecule has 0 aromatic carbocycles. The highest BCUT2D eigenvalue weighted by Gasteiger charge is 2.34. The van der Waals surface area contributed by atoms with Gasteiger partial charge in [0.1, 0.15) is 11.6 Å². The van der Waals surface area contributed by atoms with Crippen LogP contribution in [-0.4, -0.2) is 48.8 Å². The van der Waals surface area contributed by atoms with Gasteiger partial charge in [-0.25, -0.2) is 19.6 Å². The van der Waals surface area contributed by atoms with E-state index in [1.165, 1.54) is 18.4 Å². The highest BCUT2D eigenvalue weighted by atomic mass is 15.3. The van der Waals surface area contributed by atoms with E-state index in [1.54, 1.807) is 29.4 Å². The molecule has 2 fully saturated rings. The van der Waals surface area contributed by atoms with E-state index in [1.807, 2.05) is 36.8 Å². The zero-order valence-corrected chi connectivity index (χ0v) is 21.9. The van der Waals surface area contributed by atoms with Gasteiger partial charge in [-0.15, -0.1) is 0 Å². The maximum Gasteiger partial charge on any atom is 0.162 e. The first-order chi connectivity index (χ1) is 18.5. The summed E-state index contributed by atoms with van der Waals surface area (Å²) in [6, 6.07) is 6.10. The van der Waals surface area contributed by atoms with Crippen molar-refractivity contribution in [3.05, 3.63) is 67.0 Å². The second-order valence-corrected chi connectivity index (χ2v) is 10.7. The van der Waals surface area contributed by atoms with Gasteiger partial charge in [0.25, 0.3) is 0 Å². The Morgan fingerprint density at radius 3 is 2.84 bits per heavy atom. The zero-order chi connectivity index (χ0) is 26.1. The van der Waals surface area contributed by atoms with Crippen LogP contribution in [-0.2, 0) is 0 Å². The molecule has 4 aromatic rings. The standard InChI is InChI=1S/C29H33N9/c1-4-21-8-12-34-38(21)14-13-33-25-15-20(7-11-32-25)27-35-23-17-31-16-22(19-5-6-19)26(23)28(37-27)36-24-9-10-30-18-29(24,2)3/h4,7-8,11-17,19,24,30H,1,5-6,9-10,18H2,2-3H3,(H,32,33)(H,35,36,37)/b14-13+. The molecule has 2 aliphatic rings. The monoisotopic (exact) mass is 507 g/mol. The fraction of sp³-hybridized carbons (Fsp3) is 0.345.